The first-order valence-corrected chi connectivity index (χ1v) is 6.50. The summed E-state index contributed by atoms with van der Waals surface area (Å²) >= 11 is 0. The van der Waals surface area contributed by atoms with Crippen molar-refractivity contribution in [3.05, 3.63) is 29.3 Å². The predicted molar refractivity (Wildman–Crippen MR) is 69.2 cm³/mol. The highest BCUT2D eigenvalue weighted by Crippen LogP contribution is 2.30. The number of nitrogens with two attached hydrogens (primary N) is 1. The van der Waals surface area contributed by atoms with Crippen molar-refractivity contribution in [3.63, 3.8) is 0 Å². The molecule has 0 aliphatic carbocycles. The van der Waals surface area contributed by atoms with Gasteiger partial charge in [0.05, 0.1) is 6.61 Å². The normalized spacial score (nSPS) is 24.5. The highest BCUT2D eigenvalue weighted by atomic mass is 16.5. The lowest BCUT2D eigenvalue weighted by molar-refractivity contribution is -0.116. The topological polar surface area (TPSA) is 64.4 Å². The third-order valence-corrected chi connectivity index (χ3v) is 3.88. The molecule has 1 amide bonds. The van der Waals surface area contributed by atoms with E-state index < -0.39 is 0 Å². The number of aryl methyl sites for hydroxylation is 1. The van der Waals surface area contributed by atoms with Crippen LogP contribution in [0.1, 0.15) is 30.0 Å². The van der Waals surface area contributed by atoms with E-state index in [0.29, 0.717) is 12.3 Å². The molecule has 4 heteroatoms. The van der Waals surface area contributed by atoms with Crippen LogP contribution in [-0.4, -0.2) is 19.1 Å². The largest absolute Gasteiger partial charge is 0.381 e. The van der Waals surface area contributed by atoms with Gasteiger partial charge in [-0.1, -0.05) is 12.1 Å². The lowest BCUT2D eigenvalue weighted by atomic mass is 9.90. The van der Waals surface area contributed by atoms with Crippen molar-refractivity contribution in [3.8, 4) is 0 Å². The van der Waals surface area contributed by atoms with Crippen molar-refractivity contribution in [2.24, 2.45) is 11.7 Å². The molecule has 0 saturated carbocycles. The summed E-state index contributed by atoms with van der Waals surface area (Å²) in [6.07, 6.45) is 2.41. The third kappa shape index (κ3) is 2.13. The van der Waals surface area contributed by atoms with E-state index >= 15 is 0 Å². The van der Waals surface area contributed by atoms with Gasteiger partial charge in [-0.05, 0) is 30.0 Å². The second-order valence-corrected chi connectivity index (χ2v) is 5.11. The Hall–Kier alpha value is -1.39. The molecule has 0 spiro atoms. The van der Waals surface area contributed by atoms with Crippen molar-refractivity contribution < 1.29 is 9.53 Å². The van der Waals surface area contributed by atoms with Gasteiger partial charge in [-0.2, -0.15) is 0 Å². The summed E-state index contributed by atoms with van der Waals surface area (Å²) in [5.74, 6) is 0.518. The summed E-state index contributed by atoms with van der Waals surface area (Å²) in [4.78, 5) is 11.3. The molecular weight excluding hydrogens is 228 g/mol. The number of hydrogen-bond acceptors (Lipinski definition) is 3. The summed E-state index contributed by atoms with van der Waals surface area (Å²) in [6.45, 7) is 1.58. The number of hydrogen-bond donors (Lipinski definition) is 2. The SMILES string of the molecule is NC(c1ccc2c(c1)CCC(=O)N2)C1CCOC1. The van der Waals surface area contributed by atoms with E-state index in [1.807, 2.05) is 12.1 Å². The fourth-order valence-corrected chi connectivity index (χ4v) is 2.72. The molecule has 18 heavy (non-hydrogen) atoms. The summed E-state index contributed by atoms with van der Waals surface area (Å²) in [6, 6.07) is 6.16. The van der Waals surface area contributed by atoms with Crippen LogP contribution in [0, 0.1) is 5.92 Å². The monoisotopic (exact) mass is 246 g/mol. The average Bonchev–Trinajstić information content (AvgIpc) is 2.91. The van der Waals surface area contributed by atoms with Gasteiger partial charge in [0.25, 0.3) is 0 Å². The van der Waals surface area contributed by atoms with Gasteiger partial charge in [0.15, 0.2) is 0 Å². The van der Waals surface area contributed by atoms with Crippen LogP contribution in [0.2, 0.25) is 0 Å². The van der Waals surface area contributed by atoms with Crippen LogP contribution in [0.4, 0.5) is 5.69 Å². The number of fused-ring (bicyclic) bond motifs is 1. The molecule has 1 saturated heterocycles. The van der Waals surface area contributed by atoms with Crippen molar-refractivity contribution in [2.75, 3.05) is 18.5 Å². The molecule has 4 nitrogen and oxygen atoms in total. The Kier molecular flexibility index (Phi) is 3.06. The van der Waals surface area contributed by atoms with Crippen LogP contribution in [0.5, 0.6) is 0 Å². The van der Waals surface area contributed by atoms with Gasteiger partial charge in [0, 0.05) is 30.7 Å². The molecule has 1 fully saturated rings. The molecule has 2 aliphatic rings. The number of ether oxygens (including phenoxy) is 1. The number of carbonyl (C=O) groups is 1. The number of nitrogens with one attached hydrogen (secondary N) is 1. The predicted octanol–water partition coefficient (Wildman–Crippen LogP) is 1.61. The van der Waals surface area contributed by atoms with Crippen molar-refractivity contribution in [1.29, 1.82) is 0 Å². The first kappa shape index (κ1) is 11.7. The van der Waals surface area contributed by atoms with Gasteiger partial charge in [-0.15, -0.1) is 0 Å². The zero-order chi connectivity index (χ0) is 12.5. The number of anilines is 1. The molecule has 3 N–H and O–H groups in total. The van der Waals surface area contributed by atoms with Crippen molar-refractivity contribution >= 4 is 11.6 Å². The zero-order valence-electron chi connectivity index (χ0n) is 10.3. The first-order valence-electron chi connectivity index (χ1n) is 6.50. The van der Waals surface area contributed by atoms with Crippen LogP contribution in [0.25, 0.3) is 0 Å². The molecular formula is C14H18N2O2. The molecule has 2 heterocycles. The minimum absolute atomic E-state index is 0.0374. The van der Waals surface area contributed by atoms with E-state index in [0.717, 1.165) is 37.3 Å². The number of amides is 1. The molecule has 0 bridgehead atoms. The van der Waals surface area contributed by atoms with E-state index in [9.17, 15) is 4.79 Å². The van der Waals surface area contributed by atoms with Gasteiger partial charge in [-0.3, -0.25) is 4.79 Å². The van der Waals surface area contributed by atoms with Crippen LogP contribution >= 0.6 is 0 Å². The molecule has 96 valence electrons. The van der Waals surface area contributed by atoms with E-state index in [2.05, 4.69) is 11.4 Å². The molecule has 3 rings (SSSR count). The fraction of sp³-hybridized carbons (Fsp3) is 0.500. The number of benzene rings is 1. The average molecular weight is 246 g/mol. The Bertz CT molecular complexity index is 467. The summed E-state index contributed by atoms with van der Waals surface area (Å²) < 4.78 is 5.39. The van der Waals surface area contributed by atoms with E-state index in [4.69, 9.17) is 10.5 Å². The summed E-state index contributed by atoms with van der Waals surface area (Å²) in [7, 11) is 0. The molecule has 1 aromatic carbocycles. The Morgan fingerprint density at radius 3 is 3.06 bits per heavy atom. The highest BCUT2D eigenvalue weighted by Gasteiger charge is 2.25. The lowest BCUT2D eigenvalue weighted by Crippen LogP contribution is -2.23. The van der Waals surface area contributed by atoms with E-state index in [1.165, 1.54) is 5.56 Å². The van der Waals surface area contributed by atoms with Gasteiger partial charge < -0.3 is 15.8 Å². The maximum absolute atomic E-state index is 11.3. The quantitative estimate of drug-likeness (QED) is 0.833. The first-order chi connectivity index (χ1) is 8.74. The van der Waals surface area contributed by atoms with Crippen LogP contribution in [0.15, 0.2) is 18.2 Å². The molecule has 0 radical (unpaired) electrons. The second kappa shape index (κ2) is 4.71. The standard InChI is InChI=1S/C14H18N2O2/c15-14(11-5-6-18-8-11)10-1-3-12-9(7-10)2-4-13(17)16-12/h1,3,7,11,14H,2,4-6,8,15H2,(H,16,17). The summed E-state index contributed by atoms with van der Waals surface area (Å²) in [5, 5.41) is 2.89. The minimum Gasteiger partial charge on any atom is -0.381 e. The molecule has 2 atom stereocenters. The highest BCUT2D eigenvalue weighted by molar-refractivity contribution is 5.93. The summed E-state index contributed by atoms with van der Waals surface area (Å²) in [5.41, 5.74) is 9.58. The maximum atomic E-state index is 11.3. The smallest absolute Gasteiger partial charge is 0.224 e. The van der Waals surface area contributed by atoms with E-state index in [-0.39, 0.29) is 11.9 Å². The van der Waals surface area contributed by atoms with Gasteiger partial charge in [-0.25, -0.2) is 0 Å². The van der Waals surface area contributed by atoms with Crippen LogP contribution < -0.4 is 11.1 Å². The Balaban J connectivity index is 1.83. The fourth-order valence-electron chi connectivity index (χ4n) is 2.72. The molecule has 1 aromatic rings. The Morgan fingerprint density at radius 1 is 1.39 bits per heavy atom. The molecule has 2 unspecified atom stereocenters. The maximum Gasteiger partial charge on any atom is 0.224 e. The number of carbonyl (C=O) groups excluding carboxylic acids is 1. The Morgan fingerprint density at radius 2 is 2.28 bits per heavy atom. The minimum atomic E-state index is 0.0374. The van der Waals surface area contributed by atoms with Crippen molar-refractivity contribution in [1.82, 2.24) is 0 Å². The van der Waals surface area contributed by atoms with Crippen LogP contribution in [0.3, 0.4) is 0 Å². The van der Waals surface area contributed by atoms with Gasteiger partial charge in [0.1, 0.15) is 0 Å². The van der Waals surface area contributed by atoms with Gasteiger partial charge >= 0.3 is 0 Å². The van der Waals surface area contributed by atoms with Gasteiger partial charge in [0.2, 0.25) is 5.91 Å². The Labute approximate surface area is 107 Å². The molecule has 0 aromatic heterocycles. The second-order valence-electron chi connectivity index (χ2n) is 5.11. The lowest BCUT2D eigenvalue weighted by Gasteiger charge is -2.22. The molecule has 2 aliphatic heterocycles. The number of rotatable bonds is 2. The van der Waals surface area contributed by atoms with Crippen LogP contribution in [-0.2, 0) is 16.0 Å². The van der Waals surface area contributed by atoms with E-state index in [1.54, 1.807) is 0 Å². The van der Waals surface area contributed by atoms with Crippen molar-refractivity contribution in [2.45, 2.75) is 25.3 Å². The third-order valence-electron chi connectivity index (χ3n) is 3.88. The zero-order valence-corrected chi connectivity index (χ0v) is 10.3.